The largest absolute Gasteiger partial charge is 0.480 e. The first-order valence-corrected chi connectivity index (χ1v) is 4.44. The van der Waals surface area contributed by atoms with Crippen molar-refractivity contribution in [3.63, 3.8) is 0 Å². The van der Waals surface area contributed by atoms with Crippen molar-refractivity contribution in [2.24, 2.45) is 5.73 Å². The average Bonchev–Trinajstić information content (AvgIpc) is 1.87. The Morgan fingerprint density at radius 3 is 2.45 bits per heavy atom. The van der Waals surface area contributed by atoms with Crippen molar-refractivity contribution in [1.29, 1.82) is 0 Å². The molecule has 0 fully saturated rings. The van der Waals surface area contributed by atoms with Crippen molar-refractivity contribution in [2.75, 3.05) is 12.8 Å². The molecule has 6 nitrogen and oxygen atoms in total. The zero-order chi connectivity index (χ0) is 9.07. The second-order valence-electron chi connectivity index (χ2n) is 1.93. The molecule has 0 bridgehead atoms. The van der Waals surface area contributed by atoms with Gasteiger partial charge in [0.1, 0.15) is 6.04 Å². The van der Waals surface area contributed by atoms with Crippen LogP contribution in [-0.2, 0) is 14.8 Å². The summed E-state index contributed by atoms with van der Waals surface area (Å²) in [6.45, 7) is 0. The van der Waals surface area contributed by atoms with Crippen LogP contribution in [0, 0.1) is 0 Å². The zero-order valence-electron chi connectivity index (χ0n) is 5.94. The molecular formula is C4H10N2O4S. The van der Waals surface area contributed by atoms with Gasteiger partial charge < -0.3 is 10.8 Å². The van der Waals surface area contributed by atoms with Crippen LogP contribution in [-0.4, -0.2) is 38.3 Å². The average molecular weight is 182 g/mol. The first-order chi connectivity index (χ1) is 4.89. The standard InChI is InChI=1S/C4H10N2O4S/c1-6-11(9,10)2-3(5)4(7)8/h3,6H,2,5H2,1H3,(H,7,8). The van der Waals surface area contributed by atoms with Crippen LogP contribution >= 0.6 is 0 Å². The van der Waals surface area contributed by atoms with Crippen molar-refractivity contribution in [2.45, 2.75) is 6.04 Å². The molecule has 0 saturated heterocycles. The molecule has 0 aliphatic carbocycles. The molecular weight excluding hydrogens is 172 g/mol. The van der Waals surface area contributed by atoms with Crippen LogP contribution in [0.15, 0.2) is 0 Å². The van der Waals surface area contributed by atoms with Crippen LogP contribution in [0.5, 0.6) is 0 Å². The molecule has 4 N–H and O–H groups in total. The first kappa shape index (κ1) is 10.3. The molecule has 0 heterocycles. The van der Waals surface area contributed by atoms with Gasteiger partial charge in [0, 0.05) is 0 Å². The Hall–Kier alpha value is -0.660. The van der Waals surface area contributed by atoms with Crippen LogP contribution in [0.2, 0.25) is 0 Å². The van der Waals surface area contributed by atoms with Gasteiger partial charge in [0.05, 0.1) is 5.75 Å². The summed E-state index contributed by atoms with van der Waals surface area (Å²) in [5.41, 5.74) is 4.96. The van der Waals surface area contributed by atoms with Crippen LogP contribution in [0.3, 0.4) is 0 Å². The minimum Gasteiger partial charge on any atom is -0.480 e. The van der Waals surface area contributed by atoms with Gasteiger partial charge in [0.25, 0.3) is 0 Å². The topological polar surface area (TPSA) is 109 Å². The van der Waals surface area contributed by atoms with Crippen molar-refractivity contribution >= 4 is 16.0 Å². The van der Waals surface area contributed by atoms with Crippen molar-refractivity contribution in [3.05, 3.63) is 0 Å². The lowest BCUT2D eigenvalue weighted by Crippen LogP contribution is -2.40. The number of hydrogen-bond acceptors (Lipinski definition) is 4. The van der Waals surface area contributed by atoms with Crippen LogP contribution in [0.1, 0.15) is 0 Å². The van der Waals surface area contributed by atoms with Crippen LogP contribution < -0.4 is 10.5 Å². The van der Waals surface area contributed by atoms with Crippen molar-refractivity contribution in [1.82, 2.24) is 4.72 Å². The maximum Gasteiger partial charge on any atom is 0.321 e. The first-order valence-electron chi connectivity index (χ1n) is 2.78. The van der Waals surface area contributed by atoms with Gasteiger partial charge in [0.2, 0.25) is 10.0 Å². The highest BCUT2D eigenvalue weighted by Gasteiger charge is 2.19. The molecule has 7 heteroatoms. The Balaban J connectivity index is 4.16. The van der Waals surface area contributed by atoms with Gasteiger partial charge in [0.15, 0.2) is 0 Å². The van der Waals surface area contributed by atoms with Gasteiger partial charge in [-0.25, -0.2) is 13.1 Å². The molecule has 0 spiro atoms. The summed E-state index contributed by atoms with van der Waals surface area (Å²) < 4.78 is 23.3. The number of hydrogen-bond donors (Lipinski definition) is 3. The number of carbonyl (C=O) groups is 1. The van der Waals surface area contributed by atoms with E-state index in [0.29, 0.717) is 0 Å². The van der Waals surface area contributed by atoms with Gasteiger partial charge in [-0.3, -0.25) is 4.79 Å². The van der Waals surface area contributed by atoms with E-state index in [1.807, 2.05) is 4.72 Å². The normalized spacial score (nSPS) is 14.4. The van der Waals surface area contributed by atoms with E-state index in [0.717, 1.165) is 0 Å². The number of nitrogens with one attached hydrogen (secondary N) is 1. The minimum absolute atomic E-state index is 0.598. The summed E-state index contributed by atoms with van der Waals surface area (Å²) in [7, 11) is -2.32. The summed E-state index contributed by atoms with van der Waals surface area (Å²) in [6, 6.07) is -1.37. The number of rotatable bonds is 4. The molecule has 11 heavy (non-hydrogen) atoms. The Morgan fingerprint density at radius 1 is 1.73 bits per heavy atom. The highest BCUT2D eigenvalue weighted by Crippen LogP contribution is 1.87. The molecule has 0 aliphatic heterocycles. The highest BCUT2D eigenvalue weighted by atomic mass is 32.2. The van der Waals surface area contributed by atoms with E-state index in [9.17, 15) is 13.2 Å². The van der Waals surface area contributed by atoms with Gasteiger partial charge in [-0.2, -0.15) is 0 Å². The SMILES string of the molecule is CNS(=O)(=O)CC(N)C(=O)O. The van der Waals surface area contributed by atoms with E-state index in [1.165, 1.54) is 7.05 Å². The fourth-order valence-electron chi connectivity index (χ4n) is 0.391. The van der Waals surface area contributed by atoms with Crippen molar-refractivity contribution in [3.8, 4) is 0 Å². The van der Waals surface area contributed by atoms with Gasteiger partial charge in [-0.1, -0.05) is 0 Å². The summed E-state index contributed by atoms with van der Waals surface area (Å²) >= 11 is 0. The smallest absolute Gasteiger partial charge is 0.321 e. The van der Waals surface area contributed by atoms with Gasteiger partial charge >= 0.3 is 5.97 Å². The molecule has 0 aromatic carbocycles. The maximum absolute atomic E-state index is 10.7. The molecule has 1 unspecified atom stereocenters. The van der Waals surface area contributed by atoms with Crippen molar-refractivity contribution < 1.29 is 18.3 Å². The Labute approximate surface area is 64.4 Å². The lowest BCUT2D eigenvalue weighted by Gasteiger charge is -2.05. The summed E-state index contributed by atoms with van der Waals surface area (Å²) in [6.07, 6.45) is 0. The number of nitrogens with two attached hydrogens (primary N) is 1. The summed E-state index contributed by atoms with van der Waals surface area (Å²) in [5.74, 6) is -1.93. The van der Waals surface area contributed by atoms with Gasteiger partial charge in [-0.05, 0) is 7.05 Å². The molecule has 0 aromatic heterocycles. The third kappa shape index (κ3) is 3.91. The Morgan fingerprint density at radius 2 is 2.18 bits per heavy atom. The number of carboxylic acid groups (broad SMARTS) is 1. The third-order valence-corrected chi connectivity index (χ3v) is 2.45. The maximum atomic E-state index is 10.7. The highest BCUT2D eigenvalue weighted by molar-refractivity contribution is 7.89. The monoisotopic (exact) mass is 182 g/mol. The summed E-state index contributed by atoms with van der Waals surface area (Å²) in [4.78, 5) is 10.1. The predicted molar refractivity (Wildman–Crippen MR) is 38.5 cm³/mol. The number of carboxylic acids is 1. The van der Waals surface area contributed by atoms with Crippen LogP contribution in [0.4, 0.5) is 0 Å². The van der Waals surface area contributed by atoms with E-state index in [1.54, 1.807) is 0 Å². The lowest BCUT2D eigenvalue weighted by molar-refractivity contribution is -0.137. The molecule has 66 valence electrons. The molecule has 1 atom stereocenters. The fourth-order valence-corrected chi connectivity index (χ4v) is 1.17. The minimum atomic E-state index is -3.52. The zero-order valence-corrected chi connectivity index (χ0v) is 6.76. The second-order valence-corrected chi connectivity index (χ2v) is 3.90. The van der Waals surface area contributed by atoms with E-state index >= 15 is 0 Å². The third-order valence-electron chi connectivity index (χ3n) is 1.03. The predicted octanol–water partition coefficient (Wildman–Crippen LogP) is -2.05. The fraction of sp³-hybridized carbons (Fsp3) is 0.750. The molecule has 0 amide bonds. The number of sulfonamides is 1. The second kappa shape index (κ2) is 3.65. The molecule has 0 rings (SSSR count). The lowest BCUT2D eigenvalue weighted by atomic mass is 10.4. The van der Waals surface area contributed by atoms with E-state index in [4.69, 9.17) is 10.8 Å². The van der Waals surface area contributed by atoms with Gasteiger partial charge in [-0.15, -0.1) is 0 Å². The number of aliphatic carboxylic acids is 1. The van der Waals surface area contributed by atoms with Crippen LogP contribution in [0.25, 0.3) is 0 Å². The molecule has 0 aromatic rings. The quantitative estimate of drug-likeness (QED) is 0.463. The molecule has 0 radical (unpaired) electrons. The van der Waals surface area contributed by atoms with E-state index in [-0.39, 0.29) is 0 Å². The molecule has 0 aliphatic rings. The molecule has 0 saturated carbocycles. The Bertz CT molecular complexity index is 234. The van der Waals surface area contributed by atoms with E-state index in [2.05, 4.69) is 0 Å². The Kier molecular flexibility index (Phi) is 3.43. The van der Waals surface area contributed by atoms with E-state index < -0.39 is 27.8 Å². The summed E-state index contributed by atoms with van der Waals surface area (Å²) in [5, 5.41) is 8.22.